The summed E-state index contributed by atoms with van der Waals surface area (Å²) in [6.07, 6.45) is 0. The summed E-state index contributed by atoms with van der Waals surface area (Å²) >= 11 is 0. The highest BCUT2D eigenvalue weighted by atomic mass is 19.2. The Morgan fingerprint density at radius 1 is 0.975 bits per heavy atom. The number of carbonyl (C=O) groups excluding carboxylic acids is 2. The van der Waals surface area contributed by atoms with Crippen molar-refractivity contribution in [3.05, 3.63) is 71.3 Å². The number of hydrogen-bond donors (Lipinski definition) is 2. The lowest BCUT2D eigenvalue weighted by Gasteiger charge is -2.20. The van der Waals surface area contributed by atoms with E-state index in [-0.39, 0.29) is 18.6 Å². The number of aromatic nitrogens is 2. The van der Waals surface area contributed by atoms with Crippen LogP contribution in [-0.2, 0) is 21.3 Å². The van der Waals surface area contributed by atoms with Crippen LogP contribution in [0.1, 0.15) is 21.8 Å². The van der Waals surface area contributed by atoms with Crippen LogP contribution in [0.3, 0.4) is 0 Å². The highest BCUT2D eigenvalue weighted by Gasteiger charge is 2.35. The van der Waals surface area contributed by atoms with E-state index >= 15 is 0 Å². The van der Waals surface area contributed by atoms with Crippen LogP contribution in [0.15, 0.2) is 48.5 Å². The van der Waals surface area contributed by atoms with Crippen molar-refractivity contribution in [2.24, 2.45) is 7.05 Å². The Morgan fingerprint density at radius 2 is 1.73 bits per heavy atom. The van der Waals surface area contributed by atoms with Crippen molar-refractivity contribution >= 4 is 17.8 Å². The molecule has 0 bridgehead atoms. The third-order valence-corrected chi connectivity index (χ3v) is 6.75. The molecule has 0 unspecified atom stereocenters. The van der Waals surface area contributed by atoms with Crippen LogP contribution in [0.4, 0.5) is 19.4 Å². The molecule has 2 heterocycles. The van der Waals surface area contributed by atoms with Gasteiger partial charge in [0.05, 0.1) is 30.5 Å². The molecular weight excluding hydrogens is 524 g/mol. The van der Waals surface area contributed by atoms with Crippen molar-refractivity contribution in [2.45, 2.75) is 12.0 Å². The number of esters is 1. The fraction of sp³-hybridized carbons (Fsp3) is 0.393. The Hall–Kier alpha value is -3.87. The van der Waals surface area contributed by atoms with Crippen molar-refractivity contribution in [3.8, 4) is 11.3 Å². The first-order valence-corrected chi connectivity index (χ1v) is 12.8. The van der Waals surface area contributed by atoms with Crippen molar-refractivity contribution in [1.29, 1.82) is 0 Å². The molecule has 0 radical (unpaired) electrons. The Balaban J connectivity index is 1.42. The van der Waals surface area contributed by atoms with Gasteiger partial charge in [-0.05, 0) is 29.8 Å². The number of aryl methyl sites for hydroxylation is 1. The lowest BCUT2D eigenvalue weighted by Crippen LogP contribution is -2.42. The highest BCUT2D eigenvalue weighted by molar-refractivity contribution is 5.91. The van der Waals surface area contributed by atoms with E-state index in [0.29, 0.717) is 55.5 Å². The zero-order valence-electron chi connectivity index (χ0n) is 22.7. The predicted octanol–water partition coefficient (Wildman–Crippen LogP) is 3.40. The van der Waals surface area contributed by atoms with Crippen LogP contribution in [0, 0.1) is 11.6 Å². The normalized spacial score (nSPS) is 17.1. The largest absolute Gasteiger partial charge is 0.460 e. The van der Waals surface area contributed by atoms with E-state index in [1.165, 1.54) is 17.9 Å². The summed E-state index contributed by atoms with van der Waals surface area (Å²) < 4.78 is 44.2. The van der Waals surface area contributed by atoms with Crippen LogP contribution < -0.4 is 10.6 Å². The number of anilines is 1. The van der Waals surface area contributed by atoms with Gasteiger partial charge in [0, 0.05) is 58.4 Å². The van der Waals surface area contributed by atoms with E-state index in [4.69, 9.17) is 14.2 Å². The van der Waals surface area contributed by atoms with Gasteiger partial charge in [-0.25, -0.2) is 18.4 Å². The molecule has 214 valence electrons. The number of ether oxygens (including phenoxy) is 3. The predicted molar refractivity (Wildman–Crippen MR) is 144 cm³/mol. The number of benzene rings is 2. The third kappa shape index (κ3) is 7.20. The minimum absolute atomic E-state index is 0.169. The number of nitrogens with one attached hydrogen (secondary N) is 2. The maximum absolute atomic E-state index is 14.0. The van der Waals surface area contributed by atoms with Crippen molar-refractivity contribution in [3.63, 3.8) is 0 Å². The van der Waals surface area contributed by atoms with Crippen LogP contribution in [0.5, 0.6) is 0 Å². The molecule has 2 atom stereocenters. The summed E-state index contributed by atoms with van der Waals surface area (Å²) in [4.78, 5) is 27.2. The van der Waals surface area contributed by atoms with Gasteiger partial charge in [0.15, 0.2) is 11.6 Å². The first-order chi connectivity index (χ1) is 19.3. The molecule has 1 saturated heterocycles. The average molecular weight is 558 g/mol. The summed E-state index contributed by atoms with van der Waals surface area (Å²) in [5, 5.41) is 10.3. The van der Waals surface area contributed by atoms with Gasteiger partial charge >= 0.3 is 12.0 Å². The molecule has 2 amide bonds. The molecule has 1 aromatic heterocycles. The van der Waals surface area contributed by atoms with Gasteiger partial charge in [0.1, 0.15) is 12.4 Å². The summed E-state index contributed by atoms with van der Waals surface area (Å²) in [7, 11) is 4.84. The zero-order chi connectivity index (χ0) is 28.6. The fourth-order valence-electron chi connectivity index (χ4n) is 4.64. The molecule has 3 aromatic rings. The van der Waals surface area contributed by atoms with Crippen molar-refractivity contribution < 1.29 is 32.6 Å². The summed E-state index contributed by atoms with van der Waals surface area (Å²) in [6, 6.07) is 11.6. The lowest BCUT2D eigenvalue weighted by molar-refractivity contribution is 0.0388. The molecule has 0 aliphatic carbocycles. The number of methoxy groups -OCH3 is 2. The van der Waals surface area contributed by atoms with Crippen molar-refractivity contribution in [2.75, 3.05) is 59.0 Å². The molecule has 2 N–H and O–H groups in total. The summed E-state index contributed by atoms with van der Waals surface area (Å²) in [5.41, 5.74) is 2.36. The van der Waals surface area contributed by atoms with E-state index in [1.54, 1.807) is 50.6 Å². The van der Waals surface area contributed by atoms with Gasteiger partial charge < -0.3 is 19.5 Å². The number of carbonyl (C=O) groups is 2. The molecule has 2 aromatic carbocycles. The Labute approximate surface area is 231 Å². The number of amides is 2. The second-order valence-corrected chi connectivity index (χ2v) is 9.48. The van der Waals surface area contributed by atoms with Crippen LogP contribution in [0.25, 0.3) is 11.3 Å². The van der Waals surface area contributed by atoms with Crippen molar-refractivity contribution in [1.82, 2.24) is 20.0 Å². The maximum atomic E-state index is 14.0. The van der Waals surface area contributed by atoms with E-state index in [0.717, 1.165) is 11.6 Å². The Kier molecular flexibility index (Phi) is 9.80. The van der Waals surface area contributed by atoms with E-state index in [1.807, 2.05) is 0 Å². The number of urea groups is 1. The van der Waals surface area contributed by atoms with Gasteiger partial charge in [-0.2, -0.15) is 5.10 Å². The highest BCUT2D eigenvalue weighted by Crippen LogP contribution is 2.29. The minimum Gasteiger partial charge on any atom is -0.460 e. The number of rotatable bonds is 11. The first kappa shape index (κ1) is 29.1. The molecule has 1 fully saturated rings. The van der Waals surface area contributed by atoms with Gasteiger partial charge in [-0.3, -0.25) is 14.9 Å². The van der Waals surface area contributed by atoms with Crippen LogP contribution in [-0.4, -0.2) is 86.4 Å². The second-order valence-electron chi connectivity index (χ2n) is 9.48. The van der Waals surface area contributed by atoms with E-state index in [9.17, 15) is 18.4 Å². The zero-order valence-corrected chi connectivity index (χ0v) is 22.7. The Morgan fingerprint density at radius 3 is 2.42 bits per heavy atom. The van der Waals surface area contributed by atoms with Gasteiger partial charge in [-0.1, -0.05) is 18.2 Å². The number of nitrogens with zero attached hydrogens (tertiary/aromatic N) is 3. The molecule has 0 spiro atoms. The monoisotopic (exact) mass is 557 g/mol. The number of likely N-dealkylation sites (tertiary alicyclic amines) is 1. The van der Waals surface area contributed by atoms with Gasteiger partial charge in [-0.15, -0.1) is 0 Å². The fourth-order valence-corrected chi connectivity index (χ4v) is 4.64. The second kappa shape index (κ2) is 13.5. The lowest BCUT2D eigenvalue weighted by atomic mass is 9.94. The van der Waals surface area contributed by atoms with Crippen LogP contribution in [0.2, 0.25) is 0 Å². The summed E-state index contributed by atoms with van der Waals surface area (Å²) in [5.74, 6) is -2.06. The topological polar surface area (TPSA) is 107 Å². The Bertz CT molecular complexity index is 1320. The standard InChI is InChI=1S/C28H33F2N5O5/c1-34-26(15-24(33-34)18-4-6-19(7-5-18)27(36)40-13-12-39-3)32-28(37)31-25-17-35(10-11-38-2)16-21(25)20-8-9-22(29)23(30)14-20/h4-9,14-15,21,25H,10-13,16-17H2,1-3H3,(H2,31,32,37)/t21-,25+/m0/s1. The molecule has 1 aliphatic rings. The number of halogens is 2. The average Bonchev–Trinajstić information content (AvgIpc) is 3.51. The SMILES string of the molecule is COCCOC(=O)c1ccc(-c2cc(NC(=O)N[C@@H]3CN(CCOC)C[C@H]3c3ccc(F)c(F)c3)n(C)n2)cc1. The molecule has 12 heteroatoms. The molecule has 10 nitrogen and oxygen atoms in total. The molecule has 4 rings (SSSR count). The van der Waals surface area contributed by atoms with E-state index < -0.39 is 23.6 Å². The van der Waals surface area contributed by atoms with Gasteiger partial charge in [0.25, 0.3) is 0 Å². The first-order valence-electron chi connectivity index (χ1n) is 12.8. The number of hydrogen-bond acceptors (Lipinski definition) is 7. The molecule has 1 aliphatic heterocycles. The maximum Gasteiger partial charge on any atom is 0.338 e. The molecular formula is C28H33F2N5O5. The van der Waals surface area contributed by atoms with E-state index in [2.05, 4.69) is 20.6 Å². The van der Waals surface area contributed by atoms with Gasteiger partial charge in [0.2, 0.25) is 0 Å². The van der Waals surface area contributed by atoms with Crippen LogP contribution >= 0.6 is 0 Å². The minimum atomic E-state index is -0.922. The molecule has 0 saturated carbocycles. The summed E-state index contributed by atoms with van der Waals surface area (Å²) in [6.45, 7) is 2.73. The third-order valence-electron chi connectivity index (χ3n) is 6.75. The quantitative estimate of drug-likeness (QED) is 0.275. The molecule has 40 heavy (non-hydrogen) atoms. The smallest absolute Gasteiger partial charge is 0.338 e.